The molecular weight excluding hydrogens is 176 g/mol. The molecule has 0 saturated heterocycles. The lowest BCUT2D eigenvalue weighted by Crippen LogP contribution is -2.27. The molecule has 0 aromatic carbocycles. The van der Waals surface area contributed by atoms with Crippen molar-refractivity contribution in [2.75, 3.05) is 7.11 Å². The summed E-state index contributed by atoms with van der Waals surface area (Å²) in [6, 6.07) is 1.32. The molecule has 0 heterocycles. The van der Waals surface area contributed by atoms with E-state index in [0.717, 1.165) is 5.92 Å². The van der Waals surface area contributed by atoms with Gasteiger partial charge in [0.2, 0.25) is 0 Å². The summed E-state index contributed by atoms with van der Waals surface area (Å²) in [7, 11) is 0.607. The van der Waals surface area contributed by atoms with Crippen molar-refractivity contribution in [1.82, 2.24) is 0 Å². The van der Waals surface area contributed by atoms with E-state index >= 15 is 0 Å². The van der Waals surface area contributed by atoms with Gasteiger partial charge in [0.15, 0.2) is 8.32 Å². The second kappa shape index (κ2) is 6.60. The van der Waals surface area contributed by atoms with E-state index < -0.39 is 8.32 Å². The standard InChI is InChI=1S/C11H26OSi/c1-11(2)9-7-6-8-10-13(4,5)12-3/h11H,6-10H2,1-5H3. The monoisotopic (exact) mass is 202 g/mol. The first-order chi connectivity index (χ1) is 5.98. The van der Waals surface area contributed by atoms with Crippen LogP contribution in [0.15, 0.2) is 0 Å². The van der Waals surface area contributed by atoms with Crippen LogP contribution in [0.25, 0.3) is 0 Å². The van der Waals surface area contributed by atoms with Gasteiger partial charge < -0.3 is 4.43 Å². The molecule has 0 aliphatic carbocycles. The molecule has 0 radical (unpaired) electrons. The van der Waals surface area contributed by atoms with Gasteiger partial charge in [-0.1, -0.05) is 39.5 Å². The van der Waals surface area contributed by atoms with Crippen LogP contribution in [0, 0.1) is 5.92 Å². The summed E-state index contributed by atoms with van der Waals surface area (Å²) in [5.74, 6) is 0.868. The Labute approximate surface area is 85.0 Å². The summed E-state index contributed by atoms with van der Waals surface area (Å²) in [4.78, 5) is 0. The van der Waals surface area contributed by atoms with E-state index in [0.29, 0.717) is 0 Å². The fourth-order valence-corrected chi connectivity index (χ4v) is 2.69. The van der Waals surface area contributed by atoms with Gasteiger partial charge in [-0.25, -0.2) is 0 Å². The van der Waals surface area contributed by atoms with Crippen LogP contribution < -0.4 is 0 Å². The van der Waals surface area contributed by atoms with E-state index in [1.807, 2.05) is 7.11 Å². The van der Waals surface area contributed by atoms with E-state index in [4.69, 9.17) is 4.43 Å². The summed E-state index contributed by atoms with van der Waals surface area (Å²) in [5, 5.41) is 0. The second-order valence-corrected chi connectivity index (χ2v) is 9.38. The molecule has 0 saturated carbocycles. The first kappa shape index (κ1) is 13.2. The molecule has 0 aliphatic rings. The molecule has 0 bridgehead atoms. The van der Waals surface area contributed by atoms with Gasteiger partial charge >= 0.3 is 0 Å². The highest BCUT2D eigenvalue weighted by atomic mass is 28.4. The maximum absolute atomic E-state index is 5.50. The van der Waals surface area contributed by atoms with E-state index in [1.54, 1.807) is 0 Å². The topological polar surface area (TPSA) is 9.23 Å². The van der Waals surface area contributed by atoms with E-state index in [2.05, 4.69) is 26.9 Å². The third-order valence-electron chi connectivity index (χ3n) is 2.61. The molecule has 13 heavy (non-hydrogen) atoms. The van der Waals surface area contributed by atoms with Gasteiger partial charge in [-0.3, -0.25) is 0 Å². The van der Waals surface area contributed by atoms with Gasteiger partial charge in [0.1, 0.15) is 0 Å². The Bertz CT molecular complexity index is 121. The molecule has 1 nitrogen and oxygen atoms in total. The quantitative estimate of drug-likeness (QED) is 0.447. The highest BCUT2D eigenvalue weighted by Gasteiger charge is 2.19. The molecule has 0 rings (SSSR count). The zero-order valence-corrected chi connectivity index (χ0v) is 11.0. The molecule has 0 amide bonds. The lowest BCUT2D eigenvalue weighted by atomic mass is 10.1. The van der Waals surface area contributed by atoms with Gasteiger partial charge in [-0.05, 0) is 25.1 Å². The minimum Gasteiger partial charge on any atom is -0.420 e. The third-order valence-corrected chi connectivity index (χ3v) is 5.28. The second-order valence-electron chi connectivity index (χ2n) is 4.96. The van der Waals surface area contributed by atoms with Crippen LogP contribution in [0.3, 0.4) is 0 Å². The van der Waals surface area contributed by atoms with Gasteiger partial charge in [0.05, 0.1) is 0 Å². The molecule has 0 unspecified atom stereocenters. The van der Waals surface area contributed by atoms with Crippen LogP contribution in [-0.4, -0.2) is 15.4 Å². The van der Waals surface area contributed by atoms with Crippen molar-refractivity contribution in [2.24, 2.45) is 5.92 Å². The van der Waals surface area contributed by atoms with Gasteiger partial charge in [-0.15, -0.1) is 0 Å². The average molecular weight is 202 g/mol. The normalized spacial score (nSPS) is 12.5. The van der Waals surface area contributed by atoms with Crippen LogP contribution >= 0.6 is 0 Å². The summed E-state index contributed by atoms with van der Waals surface area (Å²) >= 11 is 0. The smallest absolute Gasteiger partial charge is 0.186 e. The number of unbranched alkanes of at least 4 members (excludes halogenated alkanes) is 2. The number of rotatable bonds is 7. The van der Waals surface area contributed by atoms with Crippen LogP contribution in [0.4, 0.5) is 0 Å². The minimum atomic E-state index is -1.25. The zero-order valence-electron chi connectivity index (χ0n) is 10.0. The summed E-state index contributed by atoms with van der Waals surface area (Å²) < 4.78 is 5.50. The first-order valence-electron chi connectivity index (χ1n) is 5.53. The van der Waals surface area contributed by atoms with Crippen LogP contribution in [0.5, 0.6) is 0 Å². The maximum Gasteiger partial charge on any atom is 0.186 e. The summed E-state index contributed by atoms with van der Waals surface area (Å²) in [6.07, 6.45) is 5.53. The predicted molar refractivity (Wildman–Crippen MR) is 62.6 cm³/mol. The van der Waals surface area contributed by atoms with Crippen molar-refractivity contribution in [3.05, 3.63) is 0 Å². The summed E-state index contributed by atoms with van der Waals surface area (Å²) in [6.45, 7) is 9.20. The molecular formula is C11H26OSi. The molecule has 0 fully saturated rings. The Balaban J connectivity index is 3.26. The number of hydrogen-bond donors (Lipinski definition) is 0. The average Bonchev–Trinajstić information content (AvgIpc) is 2.03. The lowest BCUT2D eigenvalue weighted by Gasteiger charge is -2.19. The highest BCUT2D eigenvalue weighted by Crippen LogP contribution is 2.16. The first-order valence-corrected chi connectivity index (χ1v) is 8.64. The molecule has 0 aliphatic heterocycles. The molecule has 0 aromatic heterocycles. The molecule has 0 atom stereocenters. The summed E-state index contributed by atoms with van der Waals surface area (Å²) in [5.41, 5.74) is 0. The molecule has 2 heteroatoms. The lowest BCUT2D eigenvalue weighted by molar-refractivity contribution is 0.400. The van der Waals surface area contributed by atoms with Crippen molar-refractivity contribution >= 4 is 8.32 Å². The van der Waals surface area contributed by atoms with Crippen LogP contribution in [0.1, 0.15) is 39.5 Å². The molecule has 0 N–H and O–H groups in total. The Morgan fingerprint density at radius 3 is 2.15 bits per heavy atom. The van der Waals surface area contributed by atoms with E-state index in [-0.39, 0.29) is 0 Å². The Morgan fingerprint density at radius 1 is 1.08 bits per heavy atom. The maximum atomic E-state index is 5.50. The van der Waals surface area contributed by atoms with Crippen LogP contribution in [-0.2, 0) is 4.43 Å². The van der Waals surface area contributed by atoms with Crippen molar-refractivity contribution in [1.29, 1.82) is 0 Å². The third kappa shape index (κ3) is 8.51. The van der Waals surface area contributed by atoms with E-state index in [9.17, 15) is 0 Å². The number of hydrogen-bond acceptors (Lipinski definition) is 1. The van der Waals surface area contributed by atoms with Crippen molar-refractivity contribution in [3.8, 4) is 0 Å². The van der Waals surface area contributed by atoms with Gasteiger partial charge in [0, 0.05) is 7.11 Å². The molecule has 80 valence electrons. The predicted octanol–water partition coefficient (Wildman–Crippen LogP) is 4.05. The molecule has 0 aromatic rings. The zero-order chi connectivity index (χ0) is 10.3. The highest BCUT2D eigenvalue weighted by molar-refractivity contribution is 6.71. The Hall–Kier alpha value is 0.177. The largest absolute Gasteiger partial charge is 0.420 e. The molecule has 0 spiro atoms. The van der Waals surface area contributed by atoms with Gasteiger partial charge in [-0.2, -0.15) is 0 Å². The fourth-order valence-electron chi connectivity index (χ4n) is 1.38. The van der Waals surface area contributed by atoms with Crippen molar-refractivity contribution in [2.45, 2.75) is 58.7 Å². The van der Waals surface area contributed by atoms with E-state index in [1.165, 1.54) is 31.7 Å². The van der Waals surface area contributed by atoms with Crippen LogP contribution in [0.2, 0.25) is 19.1 Å². The SMILES string of the molecule is CO[Si](C)(C)CCCCCC(C)C. The Kier molecular flexibility index (Phi) is 6.69. The minimum absolute atomic E-state index is 0.868. The van der Waals surface area contributed by atoms with Crippen molar-refractivity contribution < 1.29 is 4.43 Å². The fraction of sp³-hybridized carbons (Fsp3) is 1.00. The van der Waals surface area contributed by atoms with Crippen molar-refractivity contribution in [3.63, 3.8) is 0 Å². The van der Waals surface area contributed by atoms with Gasteiger partial charge in [0.25, 0.3) is 0 Å². The Morgan fingerprint density at radius 2 is 1.69 bits per heavy atom.